The molecule has 108 valence electrons. The molecule has 1 N–H and O–H groups in total. The number of aromatic nitrogens is 1. The number of hydrogen-bond donors (Lipinski definition) is 1. The maximum Gasteiger partial charge on any atom is 0.310 e. The van der Waals surface area contributed by atoms with Gasteiger partial charge in [-0.1, -0.05) is 6.07 Å². The van der Waals surface area contributed by atoms with Crippen molar-refractivity contribution in [2.75, 3.05) is 5.75 Å². The van der Waals surface area contributed by atoms with Gasteiger partial charge in [0.05, 0.1) is 5.75 Å². The van der Waals surface area contributed by atoms with E-state index in [-0.39, 0.29) is 22.7 Å². The number of sulfonamides is 1. The molecule has 0 amide bonds. The molecular weight excluding hydrogens is 292 g/mol. The molecule has 1 aromatic heterocycles. The van der Waals surface area contributed by atoms with Gasteiger partial charge in [-0.25, -0.2) is 13.1 Å². The number of pyridine rings is 1. The molecule has 0 atom stereocenters. The van der Waals surface area contributed by atoms with E-state index >= 15 is 0 Å². The standard InChI is InChI=1S/C10H16N2O5S2/c1-4-18(13,14)17-9-6-5-7-10(11-9)19(15,16)12-8(2)3/h5-8,12H,4H2,1-3H3. The van der Waals surface area contributed by atoms with E-state index in [1.807, 2.05) is 0 Å². The molecule has 7 nitrogen and oxygen atoms in total. The van der Waals surface area contributed by atoms with Gasteiger partial charge in [0, 0.05) is 12.1 Å². The van der Waals surface area contributed by atoms with Crippen molar-refractivity contribution in [3.8, 4) is 5.88 Å². The van der Waals surface area contributed by atoms with E-state index in [1.54, 1.807) is 13.8 Å². The van der Waals surface area contributed by atoms with Gasteiger partial charge >= 0.3 is 10.1 Å². The lowest BCUT2D eigenvalue weighted by Crippen LogP contribution is -2.30. The van der Waals surface area contributed by atoms with Crippen LogP contribution in [0.2, 0.25) is 0 Å². The Hall–Kier alpha value is -1.19. The van der Waals surface area contributed by atoms with Crippen LogP contribution in [-0.2, 0) is 20.1 Å². The molecule has 0 saturated carbocycles. The van der Waals surface area contributed by atoms with E-state index in [4.69, 9.17) is 0 Å². The highest BCUT2D eigenvalue weighted by Gasteiger charge is 2.19. The smallest absolute Gasteiger partial charge is 0.310 e. The minimum absolute atomic E-state index is 0.226. The zero-order valence-electron chi connectivity index (χ0n) is 10.8. The summed E-state index contributed by atoms with van der Waals surface area (Å²) in [7, 11) is -7.52. The van der Waals surface area contributed by atoms with Crippen molar-refractivity contribution in [3.05, 3.63) is 18.2 Å². The summed E-state index contributed by atoms with van der Waals surface area (Å²) in [4.78, 5) is 3.68. The number of hydrogen-bond acceptors (Lipinski definition) is 6. The first-order chi connectivity index (χ1) is 8.66. The third kappa shape index (κ3) is 4.77. The van der Waals surface area contributed by atoms with Crippen LogP contribution in [0.1, 0.15) is 20.8 Å². The van der Waals surface area contributed by atoms with Gasteiger partial charge in [0.1, 0.15) is 0 Å². The van der Waals surface area contributed by atoms with E-state index in [1.165, 1.54) is 25.1 Å². The molecule has 0 aliphatic rings. The fraction of sp³-hybridized carbons (Fsp3) is 0.500. The fourth-order valence-electron chi connectivity index (χ4n) is 1.15. The van der Waals surface area contributed by atoms with Gasteiger partial charge in [-0.15, -0.1) is 0 Å². The summed E-state index contributed by atoms with van der Waals surface area (Å²) in [5.41, 5.74) is 0. The van der Waals surface area contributed by atoms with Crippen LogP contribution in [0.5, 0.6) is 5.88 Å². The number of nitrogens with one attached hydrogen (secondary N) is 1. The molecule has 1 heterocycles. The second-order valence-corrected chi connectivity index (χ2v) is 7.54. The van der Waals surface area contributed by atoms with Crippen LogP contribution >= 0.6 is 0 Å². The lowest BCUT2D eigenvalue weighted by atomic mass is 10.4. The Morgan fingerprint density at radius 3 is 2.42 bits per heavy atom. The first-order valence-electron chi connectivity index (χ1n) is 5.58. The van der Waals surface area contributed by atoms with Crippen molar-refractivity contribution in [1.82, 2.24) is 9.71 Å². The molecule has 0 saturated heterocycles. The molecule has 19 heavy (non-hydrogen) atoms. The first kappa shape index (κ1) is 15.9. The summed E-state index contributed by atoms with van der Waals surface area (Å²) in [6.07, 6.45) is 0. The normalized spacial score (nSPS) is 12.6. The van der Waals surface area contributed by atoms with Crippen LogP contribution in [0, 0.1) is 0 Å². The highest BCUT2D eigenvalue weighted by Crippen LogP contribution is 2.14. The van der Waals surface area contributed by atoms with E-state index in [2.05, 4.69) is 13.9 Å². The summed E-state index contributed by atoms with van der Waals surface area (Å²) in [6.45, 7) is 4.75. The Bertz CT molecular complexity index is 638. The van der Waals surface area contributed by atoms with Gasteiger partial charge in [0.25, 0.3) is 10.0 Å². The first-order valence-corrected chi connectivity index (χ1v) is 8.64. The molecule has 0 fully saturated rings. The molecule has 0 bridgehead atoms. The predicted molar refractivity (Wildman–Crippen MR) is 69.8 cm³/mol. The minimum Gasteiger partial charge on any atom is -0.362 e. The second-order valence-electron chi connectivity index (χ2n) is 4.02. The monoisotopic (exact) mass is 308 g/mol. The largest absolute Gasteiger partial charge is 0.362 e. The van der Waals surface area contributed by atoms with Crippen molar-refractivity contribution in [3.63, 3.8) is 0 Å². The SMILES string of the molecule is CCS(=O)(=O)Oc1cccc(S(=O)(=O)NC(C)C)n1. The number of nitrogens with zero attached hydrogens (tertiary/aromatic N) is 1. The lowest BCUT2D eigenvalue weighted by molar-refractivity contribution is 0.473. The summed E-state index contributed by atoms with van der Waals surface area (Å²) < 4.78 is 53.3. The van der Waals surface area contributed by atoms with Crippen LogP contribution in [0.3, 0.4) is 0 Å². The molecule has 0 aliphatic carbocycles. The molecule has 1 rings (SSSR count). The molecule has 0 spiro atoms. The maximum atomic E-state index is 11.9. The van der Waals surface area contributed by atoms with Crippen molar-refractivity contribution >= 4 is 20.1 Å². The summed E-state index contributed by atoms with van der Waals surface area (Å²) in [6, 6.07) is 3.61. The van der Waals surface area contributed by atoms with E-state index in [0.29, 0.717) is 0 Å². The zero-order chi connectivity index (χ0) is 14.7. The third-order valence-electron chi connectivity index (χ3n) is 1.93. The topological polar surface area (TPSA) is 102 Å². The Morgan fingerprint density at radius 2 is 1.89 bits per heavy atom. The maximum absolute atomic E-state index is 11.9. The van der Waals surface area contributed by atoms with E-state index in [9.17, 15) is 16.8 Å². The lowest BCUT2D eigenvalue weighted by Gasteiger charge is -2.10. The highest BCUT2D eigenvalue weighted by atomic mass is 32.2. The quantitative estimate of drug-likeness (QED) is 0.768. The van der Waals surface area contributed by atoms with E-state index in [0.717, 1.165) is 0 Å². The van der Waals surface area contributed by atoms with Crippen molar-refractivity contribution in [1.29, 1.82) is 0 Å². The van der Waals surface area contributed by atoms with Crippen molar-refractivity contribution in [2.24, 2.45) is 0 Å². The second kappa shape index (κ2) is 5.85. The fourth-order valence-corrected chi connectivity index (χ4v) is 2.83. The average Bonchev–Trinajstić information content (AvgIpc) is 2.27. The van der Waals surface area contributed by atoms with Crippen LogP contribution in [0.25, 0.3) is 0 Å². The Balaban J connectivity index is 3.08. The summed E-state index contributed by atoms with van der Waals surface area (Å²) in [5, 5.41) is -0.287. The third-order valence-corrected chi connectivity index (χ3v) is 4.62. The Kier molecular flexibility index (Phi) is 4.88. The molecule has 9 heteroatoms. The summed E-state index contributed by atoms with van der Waals surface area (Å²) in [5.74, 6) is -0.496. The summed E-state index contributed by atoms with van der Waals surface area (Å²) >= 11 is 0. The molecule has 0 aliphatic heterocycles. The van der Waals surface area contributed by atoms with Gasteiger partial charge in [0.2, 0.25) is 5.88 Å². The average molecular weight is 308 g/mol. The van der Waals surface area contributed by atoms with Gasteiger partial charge in [-0.3, -0.25) is 0 Å². The van der Waals surface area contributed by atoms with Crippen LogP contribution in [0.15, 0.2) is 23.2 Å². The van der Waals surface area contributed by atoms with Crippen LogP contribution in [0.4, 0.5) is 0 Å². The van der Waals surface area contributed by atoms with Gasteiger partial charge in [-0.2, -0.15) is 13.4 Å². The van der Waals surface area contributed by atoms with Crippen molar-refractivity contribution in [2.45, 2.75) is 31.8 Å². The highest BCUT2D eigenvalue weighted by molar-refractivity contribution is 7.89. The molecule has 0 aromatic carbocycles. The molecule has 0 unspecified atom stereocenters. The van der Waals surface area contributed by atoms with Gasteiger partial charge in [-0.05, 0) is 26.8 Å². The zero-order valence-corrected chi connectivity index (χ0v) is 12.5. The van der Waals surface area contributed by atoms with Crippen molar-refractivity contribution < 1.29 is 21.0 Å². The Morgan fingerprint density at radius 1 is 1.26 bits per heavy atom. The van der Waals surface area contributed by atoms with Crippen LogP contribution in [-0.4, -0.2) is 33.6 Å². The molecule has 0 radical (unpaired) electrons. The van der Waals surface area contributed by atoms with E-state index < -0.39 is 20.1 Å². The molecule has 1 aromatic rings. The molecular formula is C10H16N2O5S2. The Labute approximate surface area is 113 Å². The predicted octanol–water partition coefficient (Wildman–Crippen LogP) is 0.497. The van der Waals surface area contributed by atoms with Crippen LogP contribution < -0.4 is 8.91 Å². The van der Waals surface area contributed by atoms with Gasteiger partial charge < -0.3 is 4.18 Å². The minimum atomic E-state index is -3.78. The number of rotatable bonds is 6. The van der Waals surface area contributed by atoms with Gasteiger partial charge in [0.15, 0.2) is 5.03 Å².